The second kappa shape index (κ2) is 4.20. The quantitative estimate of drug-likeness (QED) is 0.438. The van der Waals surface area contributed by atoms with Crippen LogP contribution in [-0.2, 0) is 5.41 Å². The highest BCUT2D eigenvalue weighted by atomic mass is 15.3. The van der Waals surface area contributed by atoms with E-state index in [0.29, 0.717) is 0 Å². The third-order valence-corrected chi connectivity index (χ3v) is 3.24. The zero-order chi connectivity index (χ0) is 12.5. The molecule has 0 aromatic heterocycles. The molecule has 0 saturated carbocycles. The third kappa shape index (κ3) is 2.30. The van der Waals surface area contributed by atoms with E-state index in [9.17, 15) is 0 Å². The minimum atomic E-state index is -0.000171. The molecule has 1 aliphatic carbocycles. The van der Waals surface area contributed by atoms with Crippen molar-refractivity contribution in [2.75, 3.05) is 0 Å². The lowest BCUT2D eigenvalue weighted by molar-refractivity contribution is 0.479. The second-order valence-electron chi connectivity index (χ2n) is 5.00. The van der Waals surface area contributed by atoms with Gasteiger partial charge in [-0.05, 0) is 23.8 Å². The molecule has 1 aromatic carbocycles. The van der Waals surface area contributed by atoms with E-state index in [2.05, 4.69) is 42.2 Å². The minimum Gasteiger partial charge on any atom is -0.369 e. The first kappa shape index (κ1) is 11.6. The Bertz CT molecular complexity index is 482. The Balaban J connectivity index is 2.49. The molecular weight excluding hydrogens is 212 g/mol. The van der Waals surface area contributed by atoms with Crippen molar-refractivity contribution in [2.45, 2.75) is 32.1 Å². The summed E-state index contributed by atoms with van der Waals surface area (Å²) in [5.74, 6) is -0.000171. The summed E-state index contributed by atoms with van der Waals surface area (Å²) in [6.07, 6.45) is 1.96. The Morgan fingerprint density at radius 2 is 1.94 bits per heavy atom. The zero-order valence-corrected chi connectivity index (χ0v) is 10.3. The molecule has 90 valence electrons. The van der Waals surface area contributed by atoms with Gasteiger partial charge in [0.25, 0.3) is 0 Å². The zero-order valence-electron chi connectivity index (χ0n) is 10.3. The summed E-state index contributed by atoms with van der Waals surface area (Å²) in [6.45, 7) is 4.51. The van der Waals surface area contributed by atoms with Crippen molar-refractivity contribution in [3.63, 3.8) is 0 Å². The summed E-state index contributed by atoms with van der Waals surface area (Å²) < 4.78 is 0. The van der Waals surface area contributed by atoms with Crippen LogP contribution in [0.2, 0.25) is 0 Å². The Morgan fingerprint density at radius 1 is 1.24 bits per heavy atom. The van der Waals surface area contributed by atoms with Gasteiger partial charge in [0, 0.05) is 5.56 Å². The van der Waals surface area contributed by atoms with Crippen molar-refractivity contribution in [3.05, 3.63) is 35.4 Å². The fourth-order valence-electron chi connectivity index (χ4n) is 2.25. The summed E-state index contributed by atoms with van der Waals surface area (Å²) >= 11 is 0. The van der Waals surface area contributed by atoms with Gasteiger partial charge in [-0.3, -0.25) is 0 Å². The second-order valence-corrected chi connectivity index (χ2v) is 5.00. The van der Waals surface area contributed by atoms with Gasteiger partial charge in [0.15, 0.2) is 0 Å². The maximum atomic E-state index is 5.30. The Morgan fingerprint density at radius 3 is 2.65 bits per heavy atom. The first-order valence-electron chi connectivity index (χ1n) is 5.76. The first-order chi connectivity index (χ1) is 8.00. The van der Waals surface area contributed by atoms with Gasteiger partial charge >= 0.3 is 0 Å². The van der Waals surface area contributed by atoms with Crippen LogP contribution in [0.25, 0.3) is 0 Å². The number of nitrogens with zero attached hydrogens (tertiary/aromatic N) is 2. The van der Waals surface area contributed by atoms with Gasteiger partial charge in [0.2, 0.25) is 5.96 Å². The smallest absolute Gasteiger partial charge is 0.211 e. The van der Waals surface area contributed by atoms with Gasteiger partial charge in [0.05, 0.1) is 5.71 Å². The number of hydrogen-bond acceptors (Lipinski definition) is 2. The topological polar surface area (TPSA) is 76.8 Å². The van der Waals surface area contributed by atoms with Gasteiger partial charge in [-0.2, -0.15) is 5.10 Å². The Hall–Kier alpha value is -1.84. The predicted molar refractivity (Wildman–Crippen MR) is 71.0 cm³/mol. The average molecular weight is 230 g/mol. The van der Waals surface area contributed by atoms with Crippen molar-refractivity contribution in [1.82, 2.24) is 0 Å². The van der Waals surface area contributed by atoms with Gasteiger partial charge < -0.3 is 11.5 Å². The monoisotopic (exact) mass is 230 g/mol. The fourth-order valence-corrected chi connectivity index (χ4v) is 2.25. The lowest BCUT2D eigenvalue weighted by Gasteiger charge is -2.32. The number of guanidine groups is 1. The molecule has 4 heteroatoms. The molecule has 0 atom stereocenters. The predicted octanol–water partition coefficient (Wildman–Crippen LogP) is 1.74. The van der Waals surface area contributed by atoms with E-state index in [1.54, 1.807) is 0 Å². The largest absolute Gasteiger partial charge is 0.369 e. The van der Waals surface area contributed by atoms with Crippen molar-refractivity contribution < 1.29 is 0 Å². The summed E-state index contributed by atoms with van der Waals surface area (Å²) in [5.41, 5.74) is 14.2. The number of benzene rings is 1. The highest BCUT2D eigenvalue weighted by Crippen LogP contribution is 2.36. The molecule has 0 heterocycles. The highest BCUT2D eigenvalue weighted by Gasteiger charge is 2.30. The van der Waals surface area contributed by atoms with Crippen LogP contribution in [0.5, 0.6) is 0 Å². The Kier molecular flexibility index (Phi) is 2.88. The molecule has 0 amide bonds. The molecular formula is C13H18N4. The maximum absolute atomic E-state index is 5.30. The van der Waals surface area contributed by atoms with Gasteiger partial charge in [-0.25, -0.2) is 0 Å². The summed E-state index contributed by atoms with van der Waals surface area (Å²) in [6, 6.07) is 8.31. The highest BCUT2D eigenvalue weighted by molar-refractivity contribution is 6.03. The van der Waals surface area contributed by atoms with Crippen LogP contribution in [0.1, 0.15) is 37.8 Å². The van der Waals surface area contributed by atoms with E-state index < -0.39 is 0 Å². The lowest BCUT2D eigenvalue weighted by Crippen LogP contribution is -2.28. The molecule has 0 aliphatic heterocycles. The normalized spacial score (nSPS) is 19.8. The number of fused-ring (bicyclic) bond motifs is 1. The van der Waals surface area contributed by atoms with E-state index in [0.717, 1.165) is 24.1 Å². The molecule has 2 rings (SSSR count). The summed E-state index contributed by atoms with van der Waals surface area (Å²) in [4.78, 5) is 0. The lowest BCUT2D eigenvalue weighted by atomic mass is 9.72. The van der Waals surface area contributed by atoms with E-state index >= 15 is 0 Å². The van der Waals surface area contributed by atoms with Crippen LogP contribution in [0, 0.1) is 0 Å². The number of hydrogen-bond donors (Lipinski definition) is 2. The molecule has 17 heavy (non-hydrogen) atoms. The molecule has 1 aliphatic rings. The maximum Gasteiger partial charge on any atom is 0.211 e. The molecule has 4 N–H and O–H groups in total. The SMILES string of the molecule is CC1(C)CCC(=NN=C(N)N)c2ccccc21. The van der Waals surface area contributed by atoms with Crippen molar-refractivity contribution in [2.24, 2.45) is 21.7 Å². The molecule has 0 fully saturated rings. The third-order valence-electron chi connectivity index (χ3n) is 3.24. The van der Waals surface area contributed by atoms with Gasteiger partial charge in [0.1, 0.15) is 0 Å². The molecule has 0 saturated heterocycles. The molecule has 4 nitrogen and oxygen atoms in total. The van der Waals surface area contributed by atoms with Crippen LogP contribution in [0.4, 0.5) is 0 Å². The number of rotatable bonds is 1. The summed E-state index contributed by atoms with van der Waals surface area (Å²) in [5, 5.41) is 7.90. The molecule has 0 bridgehead atoms. The van der Waals surface area contributed by atoms with Crippen LogP contribution in [-0.4, -0.2) is 11.7 Å². The molecule has 0 unspecified atom stereocenters. The van der Waals surface area contributed by atoms with Crippen molar-refractivity contribution >= 4 is 11.7 Å². The van der Waals surface area contributed by atoms with E-state index in [-0.39, 0.29) is 11.4 Å². The molecule has 0 radical (unpaired) electrons. The summed E-state index contributed by atoms with van der Waals surface area (Å²) in [7, 11) is 0. The van der Waals surface area contributed by atoms with Crippen LogP contribution < -0.4 is 11.5 Å². The molecule has 0 spiro atoms. The Labute approximate surface area is 101 Å². The molecule has 1 aromatic rings. The van der Waals surface area contributed by atoms with E-state index in [1.807, 2.05) is 6.07 Å². The van der Waals surface area contributed by atoms with Crippen LogP contribution in [0.3, 0.4) is 0 Å². The minimum absolute atomic E-state index is 0.000171. The standard InChI is InChI=1S/C13H18N4/c1-13(2)8-7-11(16-17-12(14)15)9-5-3-4-6-10(9)13/h3-6H,7-8H2,1-2H3,(H4,14,15,17). The fraction of sp³-hybridized carbons (Fsp3) is 0.385. The van der Waals surface area contributed by atoms with E-state index in [4.69, 9.17) is 11.5 Å². The van der Waals surface area contributed by atoms with Crippen molar-refractivity contribution in [3.8, 4) is 0 Å². The number of nitrogens with two attached hydrogens (primary N) is 2. The van der Waals surface area contributed by atoms with Crippen LogP contribution in [0.15, 0.2) is 34.5 Å². The first-order valence-corrected chi connectivity index (χ1v) is 5.76. The van der Waals surface area contributed by atoms with Crippen molar-refractivity contribution in [1.29, 1.82) is 0 Å². The average Bonchev–Trinajstić information content (AvgIpc) is 2.28. The van der Waals surface area contributed by atoms with Crippen LogP contribution >= 0.6 is 0 Å². The van der Waals surface area contributed by atoms with Gasteiger partial charge in [-0.15, -0.1) is 5.10 Å². The van der Waals surface area contributed by atoms with Gasteiger partial charge in [-0.1, -0.05) is 38.1 Å². The van der Waals surface area contributed by atoms with E-state index in [1.165, 1.54) is 5.56 Å².